The number of aliphatic hydroxyl groups excluding tert-OH is 1. The lowest BCUT2D eigenvalue weighted by Gasteiger charge is -2.28. The van der Waals surface area contributed by atoms with Gasteiger partial charge in [0.1, 0.15) is 11.2 Å². The Labute approximate surface area is 329 Å². The first-order valence-electron chi connectivity index (χ1n) is 18.0. The molecule has 5 aromatic rings. The third-order valence-electron chi connectivity index (χ3n) is 9.08. The van der Waals surface area contributed by atoms with Crippen molar-refractivity contribution in [1.82, 2.24) is 29.9 Å². The number of carbonyl (C=O) groups is 2. The molecule has 6 rings (SSSR count). The molecule has 1 fully saturated rings. The number of benzene rings is 2. The van der Waals surface area contributed by atoms with E-state index < -0.39 is 17.8 Å². The summed E-state index contributed by atoms with van der Waals surface area (Å²) in [4.78, 5) is 48.5. The summed E-state index contributed by atoms with van der Waals surface area (Å²) in [6.45, 7) is 8.03. The Morgan fingerprint density at radius 1 is 1.04 bits per heavy atom. The molecule has 14 heteroatoms. The largest absolute Gasteiger partial charge is 0.481 e. The van der Waals surface area contributed by atoms with Gasteiger partial charge in [0.15, 0.2) is 0 Å². The van der Waals surface area contributed by atoms with Crippen LogP contribution in [0.5, 0.6) is 5.88 Å². The van der Waals surface area contributed by atoms with Crippen molar-refractivity contribution in [1.29, 1.82) is 0 Å². The van der Waals surface area contributed by atoms with Gasteiger partial charge in [0.2, 0.25) is 11.8 Å². The van der Waals surface area contributed by atoms with Crippen molar-refractivity contribution < 1.29 is 24.2 Å². The van der Waals surface area contributed by atoms with E-state index in [2.05, 4.69) is 15.6 Å². The smallest absolute Gasteiger partial charge is 0.410 e. The van der Waals surface area contributed by atoms with Crippen molar-refractivity contribution in [2.24, 2.45) is 0 Å². The standard InChI is InChI=1S/C41H44Cl2N6O6/c1-24(50)22-48(40(53)55-41(2,3)4)23-26-12-14-33(47-38(26)54-5)32-11-7-10-31(37(32)43)30-9-6-8-29(36(30)42)25-16-17-49-34(18-25)45-20-27(39(49)52)19-44-21-28-13-15-35(51)46-28/h6-12,14,16-18,20,24,28,44,50H,13,15,19,21-23H2,1-5H3,(H,46,51)/t24?,28-/m0/s1. The van der Waals surface area contributed by atoms with Crippen LogP contribution in [-0.4, -0.2) is 74.3 Å². The molecule has 1 aliphatic rings. The monoisotopic (exact) mass is 786 g/mol. The molecule has 1 unspecified atom stereocenters. The Kier molecular flexibility index (Phi) is 12.1. The number of hydrogen-bond donors (Lipinski definition) is 3. The lowest BCUT2D eigenvalue weighted by Crippen LogP contribution is -2.40. The van der Waals surface area contributed by atoms with Gasteiger partial charge in [-0.2, -0.15) is 0 Å². The Hall–Kier alpha value is -5.01. The van der Waals surface area contributed by atoms with Crippen molar-refractivity contribution in [3.8, 4) is 39.4 Å². The number of pyridine rings is 2. The zero-order valence-electron chi connectivity index (χ0n) is 31.4. The zero-order valence-corrected chi connectivity index (χ0v) is 32.9. The van der Waals surface area contributed by atoms with E-state index in [0.29, 0.717) is 74.6 Å². The van der Waals surface area contributed by atoms with Crippen molar-refractivity contribution >= 4 is 40.8 Å². The minimum absolute atomic E-state index is 0.0509. The predicted octanol–water partition coefficient (Wildman–Crippen LogP) is 6.89. The first-order valence-corrected chi connectivity index (χ1v) is 18.8. The highest BCUT2D eigenvalue weighted by atomic mass is 35.5. The second-order valence-corrected chi connectivity index (χ2v) is 15.3. The van der Waals surface area contributed by atoms with Crippen molar-refractivity contribution in [3.05, 3.63) is 105 Å². The summed E-state index contributed by atoms with van der Waals surface area (Å²) in [6.07, 6.45) is 3.23. The predicted molar refractivity (Wildman–Crippen MR) is 213 cm³/mol. The van der Waals surface area contributed by atoms with Crippen LogP contribution in [0.1, 0.15) is 51.7 Å². The van der Waals surface area contributed by atoms with E-state index in [1.807, 2.05) is 54.6 Å². The Balaban J connectivity index is 1.25. The van der Waals surface area contributed by atoms with Gasteiger partial charge in [-0.1, -0.05) is 59.6 Å². The van der Waals surface area contributed by atoms with E-state index in [9.17, 15) is 19.5 Å². The zero-order chi connectivity index (χ0) is 39.4. The average molecular weight is 788 g/mol. The number of aliphatic hydroxyl groups is 1. The minimum Gasteiger partial charge on any atom is -0.481 e. The third-order valence-corrected chi connectivity index (χ3v) is 9.89. The van der Waals surface area contributed by atoms with Gasteiger partial charge >= 0.3 is 6.09 Å². The number of nitrogens with zero attached hydrogens (tertiary/aromatic N) is 4. The van der Waals surface area contributed by atoms with Gasteiger partial charge < -0.3 is 30.1 Å². The molecule has 0 spiro atoms. The lowest BCUT2D eigenvalue weighted by atomic mass is 9.97. The molecule has 2 amide bonds. The number of hydrogen-bond acceptors (Lipinski definition) is 9. The van der Waals surface area contributed by atoms with Gasteiger partial charge in [-0.3, -0.25) is 14.0 Å². The highest BCUT2D eigenvalue weighted by molar-refractivity contribution is 6.39. The van der Waals surface area contributed by atoms with Crippen LogP contribution in [-0.2, 0) is 22.6 Å². The molecule has 288 valence electrons. The molecule has 3 N–H and O–H groups in total. The number of halogens is 2. The Morgan fingerprint density at radius 3 is 2.38 bits per heavy atom. The number of rotatable bonds is 12. The molecular weight excluding hydrogens is 743 g/mol. The molecule has 4 heterocycles. The molecule has 0 radical (unpaired) electrons. The number of amides is 2. The van der Waals surface area contributed by atoms with E-state index in [0.717, 1.165) is 17.5 Å². The quantitative estimate of drug-likeness (QED) is 0.123. The summed E-state index contributed by atoms with van der Waals surface area (Å²) in [6, 6.07) is 18.6. The maximum absolute atomic E-state index is 13.3. The first kappa shape index (κ1) is 39.7. The number of ether oxygens (including phenoxy) is 2. The molecule has 12 nitrogen and oxygen atoms in total. The summed E-state index contributed by atoms with van der Waals surface area (Å²) >= 11 is 14.2. The van der Waals surface area contributed by atoms with E-state index in [4.69, 9.17) is 37.7 Å². The van der Waals surface area contributed by atoms with Gasteiger partial charge in [0.25, 0.3) is 5.56 Å². The third kappa shape index (κ3) is 9.28. The second kappa shape index (κ2) is 16.8. The van der Waals surface area contributed by atoms with Crippen LogP contribution in [0.4, 0.5) is 4.79 Å². The fraction of sp³-hybridized carbons (Fsp3) is 0.341. The molecule has 0 bridgehead atoms. The molecule has 55 heavy (non-hydrogen) atoms. The second-order valence-electron chi connectivity index (χ2n) is 14.6. The van der Waals surface area contributed by atoms with E-state index >= 15 is 0 Å². The van der Waals surface area contributed by atoms with Gasteiger partial charge in [-0.05, 0) is 63.9 Å². The lowest BCUT2D eigenvalue weighted by molar-refractivity contribution is -0.119. The number of carbonyl (C=O) groups excluding carboxylic acids is 2. The molecule has 2 aromatic carbocycles. The summed E-state index contributed by atoms with van der Waals surface area (Å²) < 4.78 is 12.7. The molecule has 1 aliphatic heterocycles. The van der Waals surface area contributed by atoms with Crippen LogP contribution < -0.4 is 20.9 Å². The highest BCUT2D eigenvalue weighted by Gasteiger charge is 2.26. The van der Waals surface area contributed by atoms with Gasteiger partial charge in [-0.25, -0.2) is 14.8 Å². The topological polar surface area (TPSA) is 147 Å². The van der Waals surface area contributed by atoms with E-state index in [-0.39, 0.29) is 30.6 Å². The highest BCUT2D eigenvalue weighted by Crippen LogP contribution is 2.42. The number of methoxy groups -OCH3 is 1. The fourth-order valence-electron chi connectivity index (χ4n) is 6.49. The normalized spacial score (nSPS) is 14.8. The number of aromatic nitrogens is 3. The van der Waals surface area contributed by atoms with Crippen LogP contribution in [0.25, 0.3) is 39.2 Å². The van der Waals surface area contributed by atoms with Crippen LogP contribution in [0, 0.1) is 0 Å². The molecule has 0 aliphatic carbocycles. The minimum atomic E-state index is -0.777. The van der Waals surface area contributed by atoms with Crippen molar-refractivity contribution in [2.45, 2.75) is 71.4 Å². The van der Waals surface area contributed by atoms with Crippen LogP contribution in [0.2, 0.25) is 10.0 Å². The van der Waals surface area contributed by atoms with E-state index in [1.54, 1.807) is 46.2 Å². The molecule has 0 saturated carbocycles. The Bertz CT molecular complexity index is 2290. The SMILES string of the molecule is COc1nc(-c2cccc(-c3cccc(-c4ccn5c(=O)c(CNC[C@@H]6CCC(=O)N6)cnc5c4)c3Cl)c2Cl)ccc1CN(CC(C)O)C(=O)OC(C)(C)C. The summed E-state index contributed by atoms with van der Waals surface area (Å²) in [5, 5.41) is 17.2. The molecule has 3 aromatic heterocycles. The van der Waals surface area contributed by atoms with Gasteiger partial charge in [-0.15, -0.1) is 0 Å². The fourth-order valence-corrected chi connectivity index (χ4v) is 7.15. The first-order chi connectivity index (χ1) is 26.2. The van der Waals surface area contributed by atoms with Crippen LogP contribution in [0.15, 0.2) is 77.9 Å². The molecule has 2 atom stereocenters. The van der Waals surface area contributed by atoms with E-state index in [1.165, 1.54) is 16.4 Å². The molecular formula is C41H44Cl2N6O6. The van der Waals surface area contributed by atoms with Crippen molar-refractivity contribution in [2.75, 3.05) is 20.2 Å². The summed E-state index contributed by atoms with van der Waals surface area (Å²) in [7, 11) is 1.50. The van der Waals surface area contributed by atoms with Crippen LogP contribution >= 0.6 is 23.2 Å². The van der Waals surface area contributed by atoms with Gasteiger partial charge in [0.05, 0.1) is 42.0 Å². The van der Waals surface area contributed by atoms with Gasteiger partial charge in [0, 0.05) is 71.3 Å². The summed E-state index contributed by atoms with van der Waals surface area (Å²) in [5.41, 5.74) is 4.81. The summed E-state index contributed by atoms with van der Waals surface area (Å²) in [5.74, 6) is 0.347. The number of nitrogens with one attached hydrogen (secondary N) is 2. The van der Waals surface area contributed by atoms with Crippen molar-refractivity contribution in [3.63, 3.8) is 0 Å². The number of fused-ring (bicyclic) bond motifs is 1. The van der Waals surface area contributed by atoms with Crippen LogP contribution in [0.3, 0.4) is 0 Å². The Morgan fingerprint density at radius 2 is 1.73 bits per heavy atom. The average Bonchev–Trinajstić information content (AvgIpc) is 3.56. The maximum Gasteiger partial charge on any atom is 0.410 e. The maximum atomic E-state index is 13.3. The molecule has 1 saturated heterocycles.